The van der Waals surface area contributed by atoms with E-state index in [9.17, 15) is 4.79 Å². The average Bonchev–Trinajstić information content (AvgIpc) is 2.61. The normalized spacial score (nSPS) is 10.2. The minimum absolute atomic E-state index is 0.166. The Labute approximate surface area is 91.4 Å². The number of anilines is 2. The van der Waals surface area contributed by atoms with Gasteiger partial charge in [-0.05, 0) is 12.1 Å². The zero-order valence-electron chi connectivity index (χ0n) is 8.40. The van der Waals surface area contributed by atoms with Gasteiger partial charge in [0.05, 0.1) is 0 Å². The largest absolute Gasteiger partial charge is 0.399 e. The fourth-order valence-corrected chi connectivity index (χ4v) is 1.45. The van der Waals surface area contributed by atoms with E-state index in [1.165, 1.54) is 0 Å². The number of H-pyrrole nitrogens is 1. The van der Waals surface area contributed by atoms with Crippen molar-refractivity contribution in [2.45, 2.75) is 0 Å². The lowest BCUT2D eigenvalue weighted by Gasteiger charge is -2.00. The van der Waals surface area contributed by atoms with Crippen LogP contribution in [0.3, 0.4) is 0 Å². The summed E-state index contributed by atoms with van der Waals surface area (Å²) in [5.41, 5.74) is 18.4. The standard InChI is InChI=1S/C10H11N5O/c11-6-3-1-5(2-4-6)8-7(10(13)16)9(12)15-14-8/h1-4H,11H2,(H2,13,16)(H3,12,14,15). The highest BCUT2D eigenvalue weighted by atomic mass is 16.1. The molecule has 0 saturated carbocycles. The maximum atomic E-state index is 11.2. The number of rotatable bonds is 2. The molecule has 0 radical (unpaired) electrons. The molecule has 1 aromatic heterocycles. The van der Waals surface area contributed by atoms with Gasteiger partial charge in [0.1, 0.15) is 17.1 Å². The van der Waals surface area contributed by atoms with Crippen LogP contribution in [0, 0.1) is 0 Å². The highest BCUT2D eigenvalue weighted by Crippen LogP contribution is 2.25. The minimum Gasteiger partial charge on any atom is -0.399 e. The first-order valence-corrected chi connectivity index (χ1v) is 4.59. The molecule has 16 heavy (non-hydrogen) atoms. The van der Waals surface area contributed by atoms with E-state index in [1.54, 1.807) is 24.3 Å². The Hall–Kier alpha value is -2.50. The number of carbonyl (C=O) groups is 1. The number of nitrogens with two attached hydrogens (primary N) is 3. The number of primary amides is 1. The van der Waals surface area contributed by atoms with E-state index in [0.29, 0.717) is 11.4 Å². The summed E-state index contributed by atoms with van der Waals surface area (Å²) in [5, 5.41) is 6.47. The highest BCUT2D eigenvalue weighted by Gasteiger charge is 2.17. The molecular formula is C10H11N5O. The molecule has 6 heteroatoms. The topological polar surface area (TPSA) is 124 Å². The van der Waals surface area contributed by atoms with Crippen LogP contribution < -0.4 is 17.2 Å². The van der Waals surface area contributed by atoms with Crippen molar-refractivity contribution in [2.75, 3.05) is 11.5 Å². The molecule has 0 saturated heterocycles. The lowest BCUT2D eigenvalue weighted by molar-refractivity contribution is 0.100. The van der Waals surface area contributed by atoms with Crippen molar-refractivity contribution in [3.8, 4) is 11.3 Å². The number of nitrogen functional groups attached to an aromatic ring is 2. The highest BCUT2D eigenvalue weighted by molar-refractivity contribution is 6.03. The summed E-state index contributed by atoms with van der Waals surface area (Å²) in [6.07, 6.45) is 0. The minimum atomic E-state index is -0.613. The van der Waals surface area contributed by atoms with Crippen molar-refractivity contribution in [1.29, 1.82) is 0 Å². The third kappa shape index (κ3) is 1.56. The van der Waals surface area contributed by atoms with Crippen molar-refractivity contribution in [1.82, 2.24) is 10.2 Å². The molecule has 2 rings (SSSR count). The molecular weight excluding hydrogens is 206 g/mol. The van der Waals surface area contributed by atoms with E-state index in [-0.39, 0.29) is 11.4 Å². The second kappa shape index (κ2) is 3.58. The Balaban J connectivity index is 2.56. The van der Waals surface area contributed by atoms with Crippen LogP contribution in [-0.2, 0) is 0 Å². The van der Waals surface area contributed by atoms with Gasteiger partial charge in [0, 0.05) is 11.3 Å². The summed E-state index contributed by atoms with van der Waals surface area (Å²) in [4.78, 5) is 11.2. The van der Waals surface area contributed by atoms with Crippen LogP contribution in [-0.4, -0.2) is 16.1 Å². The van der Waals surface area contributed by atoms with Crippen molar-refractivity contribution < 1.29 is 4.79 Å². The first-order valence-electron chi connectivity index (χ1n) is 4.59. The van der Waals surface area contributed by atoms with Crippen molar-refractivity contribution in [2.24, 2.45) is 5.73 Å². The molecule has 82 valence electrons. The maximum absolute atomic E-state index is 11.2. The lowest BCUT2D eigenvalue weighted by Crippen LogP contribution is -2.13. The molecule has 0 fully saturated rings. The Morgan fingerprint density at radius 2 is 1.81 bits per heavy atom. The fourth-order valence-electron chi connectivity index (χ4n) is 1.45. The quantitative estimate of drug-likeness (QED) is 0.541. The Kier molecular flexibility index (Phi) is 2.24. The van der Waals surface area contributed by atoms with Crippen LogP contribution in [0.4, 0.5) is 11.5 Å². The van der Waals surface area contributed by atoms with Gasteiger partial charge in [0.25, 0.3) is 5.91 Å². The number of nitrogens with one attached hydrogen (secondary N) is 1. The van der Waals surface area contributed by atoms with Crippen LogP contribution >= 0.6 is 0 Å². The first-order chi connectivity index (χ1) is 7.59. The summed E-state index contributed by atoms with van der Waals surface area (Å²) in [6.45, 7) is 0. The van der Waals surface area contributed by atoms with Gasteiger partial charge in [-0.2, -0.15) is 5.10 Å². The molecule has 1 amide bonds. The molecule has 2 aromatic rings. The van der Waals surface area contributed by atoms with Crippen LogP contribution in [0.25, 0.3) is 11.3 Å². The number of hydrogen-bond donors (Lipinski definition) is 4. The van der Waals surface area contributed by atoms with Crippen molar-refractivity contribution >= 4 is 17.4 Å². The van der Waals surface area contributed by atoms with Gasteiger partial charge >= 0.3 is 0 Å². The van der Waals surface area contributed by atoms with E-state index in [4.69, 9.17) is 17.2 Å². The zero-order valence-corrected chi connectivity index (χ0v) is 8.40. The molecule has 0 aliphatic rings. The predicted octanol–water partition coefficient (Wildman–Crippen LogP) is 0.340. The van der Waals surface area contributed by atoms with Gasteiger partial charge in [0.2, 0.25) is 0 Å². The van der Waals surface area contributed by atoms with Gasteiger partial charge in [-0.15, -0.1) is 0 Å². The van der Waals surface area contributed by atoms with Crippen LogP contribution in [0.5, 0.6) is 0 Å². The lowest BCUT2D eigenvalue weighted by atomic mass is 10.1. The number of carbonyl (C=O) groups excluding carboxylic acids is 1. The van der Waals surface area contributed by atoms with E-state index in [0.717, 1.165) is 5.56 Å². The number of nitrogens with zero attached hydrogens (tertiary/aromatic N) is 1. The summed E-state index contributed by atoms with van der Waals surface area (Å²) >= 11 is 0. The van der Waals surface area contributed by atoms with E-state index in [1.807, 2.05) is 0 Å². The summed E-state index contributed by atoms with van der Waals surface area (Å²) in [7, 11) is 0. The molecule has 0 bridgehead atoms. The summed E-state index contributed by atoms with van der Waals surface area (Å²) in [6, 6.07) is 6.92. The Morgan fingerprint density at radius 1 is 1.19 bits per heavy atom. The Bertz CT molecular complexity index is 529. The number of amides is 1. The third-order valence-electron chi connectivity index (χ3n) is 2.22. The molecule has 0 spiro atoms. The summed E-state index contributed by atoms with van der Waals surface area (Å²) in [5.74, 6) is -0.447. The average molecular weight is 217 g/mol. The van der Waals surface area contributed by atoms with E-state index >= 15 is 0 Å². The monoisotopic (exact) mass is 217 g/mol. The smallest absolute Gasteiger partial charge is 0.254 e. The fraction of sp³-hybridized carbons (Fsp3) is 0. The number of benzene rings is 1. The van der Waals surface area contributed by atoms with Crippen LogP contribution in [0.2, 0.25) is 0 Å². The first kappa shape index (κ1) is 10.0. The van der Waals surface area contributed by atoms with Crippen molar-refractivity contribution in [3.63, 3.8) is 0 Å². The van der Waals surface area contributed by atoms with Gasteiger partial charge in [-0.3, -0.25) is 9.89 Å². The SMILES string of the molecule is NC(=O)c1c(-c2ccc(N)cc2)n[nH]c1N. The van der Waals surface area contributed by atoms with E-state index in [2.05, 4.69) is 10.2 Å². The maximum Gasteiger partial charge on any atom is 0.254 e. The predicted molar refractivity (Wildman–Crippen MR) is 61.4 cm³/mol. The van der Waals surface area contributed by atoms with Gasteiger partial charge in [-0.25, -0.2) is 0 Å². The molecule has 6 nitrogen and oxygen atoms in total. The Morgan fingerprint density at radius 3 is 2.38 bits per heavy atom. The van der Waals surface area contributed by atoms with Gasteiger partial charge in [-0.1, -0.05) is 12.1 Å². The molecule has 1 aromatic carbocycles. The summed E-state index contributed by atoms with van der Waals surface area (Å²) < 4.78 is 0. The number of aromatic amines is 1. The second-order valence-corrected chi connectivity index (χ2v) is 3.35. The second-order valence-electron chi connectivity index (χ2n) is 3.35. The van der Waals surface area contributed by atoms with Crippen molar-refractivity contribution in [3.05, 3.63) is 29.8 Å². The zero-order chi connectivity index (χ0) is 11.7. The molecule has 0 atom stereocenters. The van der Waals surface area contributed by atoms with Crippen LogP contribution in [0.1, 0.15) is 10.4 Å². The molecule has 0 aliphatic carbocycles. The van der Waals surface area contributed by atoms with Gasteiger partial charge in [0.15, 0.2) is 0 Å². The van der Waals surface area contributed by atoms with Gasteiger partial charge < -0.3 is 17.2 Å². The molecule has 0 unspecified atom stereocenters. The molecule has 0 aliphatic heterocycles. The van der Waals surface area contributed by atoms with Crippen LogP contribution in [0.15, 0.2) is 24.3 Å². The molecule has 7 N–H and O–H groups in total. The third-order valence-corrected chi connectivity index (χ3v) is 2.22. The number of hydrogen-bond acceptors (Lipinski definition) is 4. The number of aromatic nitrogens is 2. The molecule has 1 heterocycles. The van der Waals surface area contributed by atoms with E-state index < -0.39 is 5.91 Å².